The Morgan fingerprint density at radius 1 is 1.21 bits per heavy atom. The number of benzene rings is 1. The molecule has 1 aliphatic carbocycles. The molecule has 1 aromatic rings. The van der Waals surface area contributed by atoms with E-state index in [1.54, 1.807) is 24.1 Å². The van der Waals surface area contributed by atoms with Gasteiger partial charge in [-0.05, 0) is 30.5 Å². The molecule has 1 aliphatic heterocycles. The highest BCUT2D eigenvalue weighted by Gasteiger charge is 2.40. The van der Waals surface area contributed by atoms with Crippen molar-refractivity contribution >= 4 is 23.4 Å². The van der Waals surface area contributed by atoms with Gasteiger partial charge in [0.2, 0.25) is 5.91 Å². The summed E-state index contributed by atoms with van der Waals surface area (Å²) in [6.45, 7) is -0.0661. The van der Waals surface area contributed by atoms with Crippen LogP contribution in [0.2, 0.25) is 5.02 Å². The van der Waals surface area contributed by atoms with E-state index in [1.807, 2.05) is 12.1 Å². The lowest BCUT2D eigenvalue weighted by molar-refractivity contribution is -0.162. The summed E-state index contributed by atoms with van der Waals surface area (Å²) in [7, 11) is 1.71. The average Bonchev–Trinajstić information content (AvgIpc) is 2.59. The molecular formula is C18H23ClN2O3. The Bertz CT molecular complexity index is 599. The molecule has 0 radical (unpaired) electrons. The molecular weight excluding hydrogens is 328 g/mol. The summed E-state index contributed by atoms with van der Waals surface area (Å²) in [5.41, 5.74) is 0.846. The second-order valence-electron chi connectivity index (χ2n) is 6.58. The van der Waals surface area contributed by atoms with Gasteiger partial charge in [-0.1, -0.05) is 43.0 Å². The summed E-state index contributed by atoms with van der Waals surface area (Å²) in [6, 6.07) is 6.98. The third-order valence-corrected chi connectivity index (χ3v) is 5.16. The second kappa shape index (κ2) is 7.53. The highest BCUT2D eigenvalue weighted by molar-refractivity contribution is 6.30. The molecule has 2 atom stereocenters. The van der Waals surface area contributed by atoms with Crippen LogP contribution in [-0.4, -0.2) is 42.5 Å². The van der Waals surface area contributed by atoms with Gasteiger partial charge in [-0.3, -0.25) is 9.59 Å². The van der Waals surface area contributed by atoms with E-state index >= 15 is 0 Å². The lowest BCUT2D eigenvalue weighted by Gasteiger charge is -2.39. The van der Waals surface area contributed by atoms with E-state index < -0.39 is 12.1 Å². The van der Waals surface area contributed by atoms with Crippen LogP contribution < -0.4 is 5.32 Å². The van der Waals surface area contributed by atoms with Gasteiger partial charge < -0.3 is 15.0 Å². The third kappa shape index (κ3) is 3.73. The Labute approximate surface area is 147 Å². The zero-order valence-electron chi connectivity index (χ0n) is 13.8. The topological polar surface area (TPSA) is 58.6 Å². The van der Waals surface area contributed by atoms with Crippen molar-refractivity contribution < 1.29 is 14.3 Å². The molecule has 130 valence electrons. The van der Waals surface area contributed by atoms with Crippen molar-refractivity contribution in [2.45, 2.75) is 50.3 Å². The summed E-state index contributed by atoms with van der Waals surface area (Å²) in [6.07, 6.45) is 4.86. The smallest absolute Gasteiger partial charge is 0.251 e. The van der Waals surface area contributed by atoms with Gasteiger partial charge in [0.15, 0.2) is 6.10 Å². The van der Waals surface area contributed by atoms with Crippen LogP contribution >= 0.6 is 11.6 Å². The number of carbonyl (C=O) groups excluding carboxylic acids is 2. The summed E-state index contributed by atoms with van der Waals surface area (Å²) < 4.78 is 5.63. The van der Waals surface area contributed by atoms with Crippen molar-refractivity contribution in [1.82, 2.24) is 10.2 Å². The lowest BCUT2D eigenvalue weighted by Crippen LogP contribution is -2.54. The van der Waals surface area contributed by atoms with Gasteiger partial charge in [0, 0.05) is 18.1 Å². The predicted molar refractivity (Wildman–Crippen MR) is 91.7 cm³/mol. The predicted octanol–water partition coefficient (Wildman–Crippen LogP) is 2.69. The molecule has 0 aromatic heterocycles. The normalized spacial score (nSPS) is 25.6. The van der Waals surface area contributed by atoms with Crippen LogP contribution in [0.3, 0.4) is 0 Å². The largest absolute Gasteiger partial charge is 0.356 e. The van der Waals surface area contributed by atoms with Crippen LogP contribution in [0, 0.1) is 0 Å². The Morgan fingerprint density at radius 3 is 2.54 bits per heavy atom. The first kappa shape index (κ1) is 17.2. The number of rotatable bonds is 3. The first-order valence-corrected chi connectivity index (χ1v) is 8.87. The minimum Gasteiger partial charge on any atom is -0.356 e. The summed E-state index contributed by atoms with van der Waals surface area (Å²) in [5, 5.41) is 3.73. The maximum absolute atomic E-state index is 12.8. The standard InChI is InChI=1S/C18H23ClN2O3/c1-21-15(22)11-24-17(16(21)12-7-9-13(19)10-8-12)18(23)20-14-5-3-2-4-6-14/h7-10,14,16-17H,2-6,11H2,1H3,(H,20,23)/t16-,17+/m0/s1. The van der Waals surface area contributed by atoms with Gasteiger partial charge in [-0.15, -0.1) is 0 Å². The van der Waals surface area contributed by atoms with Crippen molar-refractivity contribution in [3.05, 3.63) is 34.9 Å². The van der Waals surface area contributed by atoms with Gasteiger partial charge in [0.05, 0.1) is 6.04 Å². The number of ether oxygens (including phenoxy) is 1. The first-order valence-electron chi connectivity index (χ1n) is 8.49. The van der Waals surface area contributed by atoms with Crippen LogP contribution in [0.25, 0.3) is 0 Å². The fraction of sp³-hybridized carbons (Fsp3) is 0.556. The zero-order chi connectivity index (χ0) is 17.1. The van der Waals surface area contributed by atoms with Crippen molar-refractivity contribution in [3.8, 4) is 0 Å². The number of morpholine rings is 1. The van der Waals surface area contributed by atoms with Gasteiger partial charge >= 0.3 is 0 Å². The SMILES string of the molecule is CN1C(=O)CO[C@@H](C(=O)NC2CCCCC2)[C@@H]1c1ccc(Cl)cc1. The molecule has 3 rings (SSSR count). The fourth-order valence-electron chi connectivity index (χ4n) is 3.52. The number of hydrogen-bond acceptors (Lipinski definition) is 3. The summed E-state index contributed by atoms with van der Waals surface area (Å²) in [5.74, 6) is -0.266. The molecule has 0 bridgehead atoms. The molecule has 2 fully saturated rings. The molecule has 0 unspecified atom stereocenters. The zero-order valence-corrected chi connectivity index (χ0v) is 14.6. The third-order valence-electron chi connectivity index (χ3n) is 4.91. The van der Waals surface area contributed by atoms with E-state index in [9.17, 15) is 9.59 Å². The van der Waals surface area contributed by atoms with E-state index in [2.05, 4.69) is 5.32 Å². The first-order chi connectivity index (χ1) is 11.6. The minimum absolute atomic E-state index is 0.0661. The molecule has 5 nitrogen and oxygen atoms in total. The van der Waals surface area contributed by atoms with E-state index in [0.717, 1.165) is 31.2 Å². The quantitative estimate of drug-likeness (QED) is 0.911. The van der Waals surface area contributed by atoms with Crippen LogP contribution in [0.15, 0.2) is 24.3 Å². The van der Waals surface area contributed by atoms with Crippen molar-refractivity contribution in [2.75, 3.05) is 13.7 Å². The summed E-state index contributed by atoms with van der Waals surface area (Å²) >= 11 is 5.95. The second-order valence-corrected chi connectivity index (χ2v) is 7.01. The number of nitrogens with one attached hydrogen (secondary N) is 1. The van der Waals surface area contributed by atoms with E-state index in [1.165, 1.54) is 6.42 Å². The molecule has 24 heavy (non-hydrogen) atoms. The molecule has 0 spiro atoms. The monoisotopic (exact) mass is 350 g/mol. The van der Waals surface area contributed by atoms with Gasteiger partial charge in [0.25, 0.3) is 5.91 Å². The highest BCUT2D eigenvalue weighted by atomic mass is 35.5. The molecule has 6 heteroatoms. The van der Waals surface area contributed by atoms with Crippen molar-refractivity contribution in [2.24, 2.45) is 0 Å². The van der Waals surface area contributed by atoms with E-state index in [4.69, 9.17) is 16.3 Å². The average molecular weight is 351 g/mol. The number of nitrogens with zero attached hydrogens (tertiary/aromatic N) is 1. The molecule has 2 aliphatic rings. The van der Waals surface area contributed by atoms with Crippen LogP contribution in [0.5, 0.6) is 0 Å². The number of likely N-dealkylation sites (N-methyl/N-ethyl adjacent to an activating group) is 1. The van der Waals surface area contributed by atoms with Gasteiger partial charge in [-0.25, -0.2) is 0 Å². The molecule has 1 heterocycles. The molecule has 1 N–H and O–H groups in total. The molecule has 1 saturated carbocycles. The number of carbonyl (C=O) groups is 2. The maximum atomic E-state index is 12.8. The Morgan fingerprint density at radius 2 is 1.88 bits per heavy atom. The van der Waals surface area contributed by atoms with Gasteiger partial charge in [-0.2, -0.15) is 0 Å². The van der Waals surface area contributed by atoms with E-state index in [0.29, 0.717) is 5.02 Å². The van der Waals surface area contributed by atoms with E-state index in [-0.39, 0.29) is 24.5 Å². The number of halogens is 1. The van der Waals surface area contributed by atoms with Crippen LogP contribution in [-0.2, 0) is 14.3 Å². The molecule has 1 aromatic carbocycles. The number of hydrogen-bond donors (Lipinski definition) is 1. The van der Waals surface area contributed by atoms with Crippen molar-refractivity contribution in [3.63, 3.8) is 0 Å². The number of amides is 2. The van der Waals surface area contributed by atoms with Crippen LogP contribution in [0.4, 0.5) is 0 Å². The molecule has 2 amide bonds. The fourth-order valence-corrected chi connectivity index (χ4v) is 3.65. The van der Waals surface area contributed by atoms with Crippen LogP contribution in [0.1, 0.15) is 43.7 Å². The maximum Gasteiger partial charge on any atom is 0.251 e. The molecule has 1 saturated heterocycles. The van der Waals surface area contributed by atoms with Crippen molar-refractivity contribution in [1.29, 1.82) is 0 Å². The summed E-state index contributed by atoms with van der Waals surface area (Å²) in [4.78, 5) is 26.4. The Hall–Kier alpha value is -1.59. The minimum atomic E-state index is -0.698. The Kier molecular flexibility index (Phi) is 5.41. The highest BCUT2D eigenvalue weighted by Crippen LogP contribution is 2.30. The Balaban J connectivity index is 1.79. The lowest BCUT2D eigenvalue weighted by atomic mass is 9.94. The van der Waals surface area contributed by atoms with Gasteiger partial charge in [0.1, 0.15) is 6.61 Å².